The number of hydrogen-bond donors (Lipinski definition) is 1. The zero-order chi connectivity index (χ0) is 23.4. The summed E-state index contributed by atoms with van der Waals surface area (Å²) in [5.41, 5.74) is 5.30. The Morgan fingerprint density at radius 2 is 1.94 bits per heavy atom. The number of fused-ring (bicyclic) bond motifs is 1. The molecule has 0 radical (unpaired) electrons. The molecule has 6 nitrogen and oxygen atoms in total. The van der Waals surface area contributed by atoms with Gasteiger partial charge in [0.25, 0.3) is 0 Å². The Bertz CT molecular complexity index is 1290. The summed E-state index contributed by atoms with van der Waals surface area (Å²) in [4.78, 5) is 16.6. The second kappa shape index (κ2) is 9.92. The van der Waals surface area contributed by atoms with Gasteiger partial charge >= 0.3 is 0 Å². The molecule has 0 unspecified atom stereocenters. The molecule has 4 rings (SSSR count). The van der Waals surface area contributed by atoms with E-state index in [1.807, 2.05) is 63.4 Å². The molecule has 2 aromatic heterocycles. The van der Waals surface area contributed by atoms with Crippen LogP contribution in [0.25, 0.3) is 27.7 Å². The number of rotatable bonds is 8. The Hall–Kier alpha value is -3.58. The number of aryl methyl sites for hydroxylation is 1. The van der Waals surface area contributed by atoms with E-state index in [1.54, 1.807) is 18.5 Å². The first-order chi connectivity index (χ1) is 16.0. The van der Waals surface area contributed by atoms with Crippen LogP contribution in [0.2, 0.25) is 0 Å². The second-order valence-electron chi connectivity index (χ2n) is 7.45. The molecule has 0 aliphatic rings. The molecule has 2 heterocycles. The van der Waals surface area contributed by atoms with Crippen LogP contribution in [0.1, 0.15) is 31.9 Å². The fraction of sp³-hybridized carbons (Fsp3) is 0.231. The smallest absolute Gasteiger partial charge is 0.250 e. The first-order valence-electron chi connectivity index (χ1n) is 10.8. The maximum absolute atomic E-state index is 12.5. The molecular weight excluding hydrogens is 436 g/mol. The van der Waals surface area contributed by atoms with Crippen molar-refractivity contribution in [2.45, 2.75) is 27.7 Å². The Kier molecular flexibility index (Phi) is 6.79. The van der Waals surface area contributed by atoms with Crippen LogP contribution < -0.4 is 14.8 Å². The van der Waals surface area contributed by atoms with Crippen LogP contribution in [0, 0.1) is 6.92 Å². The average molecular weight is 463 g/mol. The van der Waals surface area contributed by atoms with E-state index in [0.29, 0.717) is 24.1 Å². The van der Waals surface area contributed by atoms with Crippen molar-refractivity contribution in [3.8, 4) is 22.6 Å². The zero-order valence-electron chi connectivity index (χ0n) is 19.1. The molecule has 0 saturated carbocycles. The molecule has 170 valence electrons. The molecule has 4 aromatic rings. The van der Waals surface area contributed by atoms with Gasteiger partial charge in [-0.1, -0.05) is 12.1 Å². The van der Waals surface area contributed by atoms with E-state index in [1.165, 1.54) is 11.3 Å². The summed E-state index contributed by atoms with van der Waals surface area (Å²) in [7, 11) is 0. The predicted molar refractivity (Wildman–Crippen MR) is 133 cm³/mol. The number of nitrogens with one attached hydrogen (secondary N) is 1. The minimum absolute atomic E-state index is 0.235. The van der Waals surface area contributed by atoms with Crippen molar-refractivity contribution in [2.24, 2.45) is 0 Å². The molecule has 2 aromatic carbocycles. The highest BCUT2D eigenvalue weighted by Crippen LogP contribution is 2.41. The van der Waals surface area contributed by atoms with Crippen LogP contribution in [0.15, 0.2) is 58.7 Å². The molecule has 0 fully saturated rings. The first-order valence-corrected chi connectivity index (χ1v) is 11.7. The average Bonchev–Trinajstić information content (AvgIpc) is 3.46. The Morgan fingerprint density at radius 3 is 2.61 bits per heavy atom. The van der Waals surface area contributed by atoms with Crippen molar-refractivity contribution >= 4 is 38.9 Å². The highest BCUT2D eigenvalue weighted by Gasteiger charge is 2.19. The number of anilines is 1. The second-order valence-corrected chi connectivity index (χ2v) is 8.34. The number of furan rings is 1. The quantitative estimate of drug-likeness (QED) is 0.295. The summed E-state index contributed by atoms with van der Waals surface area (Å²) >= 11 is 1.38. The maximum Gasteiger partial charge on any atom is 0.250 e. The molecule has 1 N–H and O–H groups in total. The number of carbonyl (C=O) groups is 1. The lowest BCUT2D eigenvalue weighted by molar-refractivity contribution is -0.111. The van der Waals surface area contributed by atoms with Crippen molar-refractivity contribution in [1.29, 1.82) is 0 Å². The standard InChI is InChI=1S/C26H26N2O4S/c1-5-30-19-9-7-18(8-10-19)22-15-32-25-17(4)24(31-6-2)20(14-21(22)25)16(3)13-23(29)28-26-27-11-12-33-26/h7-15H,5-6H2,1-4H3,(H,27,28,29)/b16-13+. The first kappa shape index (κ1) is 22.6. The van der Waals surface area contributed by atoms with E-state index in [0.717, 1.165) is 44.5 Å². The minimum Gasteiger partial charge on any atom is -0.494 e. The van der Waals surface area contributed by atoms with E-state index >= 15 is 0 Å². The summed E-state index contributed by atoms with van der Waals surface area (Å²) in [6, 6.07) is 9.98. The lowest BCUT2D eigenvalue weighted by atomic mass is 9.96. The SMILES string of the molecule is CCOc1ccc(-c2coc3c(C)c(OCC)c(/C(C)=C/C(=O)Nc4nccs4)cc23)cc1. The number of nitrogens with zero attached hydrogens (tertiary/aromatic N) is 1. The summed E-state index contributed by atoms with van der Waals surface area (Å²) in [5.74, 6) is 1.31. The largest absolute Gasteiger partial charge is 0.494 e. The lowest BCUT2D eigenvalue weighted by Gasteiger charge is -2.15. The number of thiazole rings is 1. The minimum atomic E-state index is -0.235. The van der Waals surface area contributed by atoms with Gasteiger partial charge in [-0.2, -0.15) is 0 Å². The van der Waals surface area contributed by atoms with Crippen molar-refractivity contribution in [1.82, 2.24) is 4.98 Å². The summed E-state index contributed by atoms with van der Waals surface area (Å²) in [5, 5.41) is 6.14. The fourth-order valence-corrected chi connectivity index (χ4v) is 4.29. The zero-order valence-corrected chi connectivity index (χ0v) is 19.9. The number of benzene rings is 2. The number of allylic oxidation sites excluding steroid dienone is 1. The molecule has 0 aliphatic carbocycles. The summed E-state index contributed by atoms with van der Waals surface area (Å²) < 4.78 is 17.5. The van der Waals surface area contributed by atoms with Gasteiger partial charge in [0.15, 0.2) is 5.13 Å². The molecule has 33 heavy (non-hydrogen) atoms. The van der Waals surface area contributed by atoms with Crippen molar-refractivity contribution < 1.29 is 18.7 Å². The van der Waals surface area contributed by atoms with Crippen LogP contribution in [0.5, 0.6) is 11.5 Å². The van der Waals surface area contributed by atoms with E-state index in [4.69, 9.17) is 13.9 Å². The fourth-order valence-electron chi connectivity index (χ4n) is 3.76. The van der Waals surface area contributed by atoms with Crippen molar-refractivity contribution in [3.63, 3.8) is 0 Å². The molecular formula is C26H26N2O4S. The predicted octanol–water partition coefficient (Wildman–Crippen LogP) is 6.70. The normalized spacial score (nSPS) is 11.6. The molecule has 0 spiro atoms. The van der Waals surface area contributed by atoms with Crippen LogP contribution in [0.3, 0.4) is 0 Å². The molecule has 0 atom stereocenters. The van der Waals surface area contributed by atoms with E-state index in [-0.39, 0.29) is 5.91 Å². The number of amides is 1. The van der Waals surface area contributed by atoms with Gasteiger partial charge < -0.3 is 13.9 Å². The number of aromatic nitrogens is 1. The Balaban J connectivity index is 1.77. The Labute approximate surface area is 196 Å². The van der Waals surface area contributed by atoms with Gasteiger partial charge in [0.1, 0.15) is 17.1 Å². The van der Waals surface area contributed by atoms with Gasteiger partial charge in [-0.3, -0.25) is 10.1 Å². The van der Waals surface area contributed by atoms with Gasteiger partial charge in [0.2, 0.25) is 5.91 Å². The molecule has 0 bridgehead atoms. The highest BCUT2D eigenvalue weighted by atomic mass is 32.1. The van der Waals surface area contributed by atoms with Gasteiger partial charge in [-0.15, -0.1) is 11.3 Å². The van der Waals surface area contributed by atoms with E-state index in [2.05, 4.69) is 10.3 Å². The Morgan fingerprint density at radius 1 is 1.18 bits per heavy atom. The third-order valence-electron chi connectivity index (χ3n) is 5.24. The van der Waals surface area contributed by atoms with Gasteiger partial charge in [-0.05, 0) is 57.0 Å². The third kappa shape index (κ3) is 4.78. The third-order valence-corrected chi connectivity index (χ3v) is 5.93. The number of carbonyl (C=O) groups excluding carboxylic acids is 1. The van der Waals surface area contributed by atoms with Crippen LogP contribution in [-0.2, 0) is 4.79 Å². The van der Waals surface area contributed by atoms with Gasteiger partial charge in [0.05, 0.1) is 19.5 Å². The van der Waals surface area contributed by atoms with E-state index in [9.17, 15) is 4.79 Å². The summed E-state index contributed by atoms with van der Waals surface area (Å²) in [6.07, 6.45) is 4.99. The van der Waals surface area contributed by atoms with Crippen LogP contribution in [-0.4, -0.2) is 24.1 Å². The van der Waals surface area contributed by atoms with Crippen LogP contribution >= 0.6 is 11.3 Å². The molecule has 7 heteroatoms. The van der Waals surface area contributed by atoms with Crippen LogP contribution in [0.4, 0.5) is 5.13 Å². The van der Waals surface area contributed by atoms with E-state index < -0.39 is 0 Å². The van der Waals surface area contributed by atoms with Crippen molar-refractivity contribution in [2.75, 3.05) is 18.5 Å². The number of hydrogen-bond acceptors (Lipinski definition) is 6. The maximum atomic E-state index is 12.5. The highest BCUT2D eigenvalue weighted by molar-refractivity contribution is 7.13. The number of ether oxygens (including phenoxy) is 2. The monoisotopic (exact) mass is 462 g/mol. The van der Waals surface area contributed by atoms with Gasteiger partial charge in [-0.25, -0.2) is 4.98 Å². The molecule has 0 aliphatic heterocycles. The topological polar surface area (TPSA) is 73.6 Å². The van der Waals surface area contributed by atoms with Gasteiger partial charge in [0, 0.05) is 39.7 Å². The molecule has 1 amide bonds. The molecule has 0 saturated heterocycles. The summed E-state index contributed by atoms with van der Waals surface area (Å²) in [6.45, 7) is 8.91. The lowest BCUT2D eigenvalue weighted by Crippen LogP contribution is -2.08. The van der Waals surface area contributed by atoms with Crippen molar-refractivity contribution in [3.05, 3.63) is 65.4 Å².